The Hall–Kier alpha value is -3.07. The first-order chi connectivity index (χ1) is 15.9. The van der Waals surface area contributed by atoms with Gasteiger partial charge in [0.2, 0.25) is 15.9 Å². The number of hydrogen-bond acceptors (Lipinski definition) is 4. The molecule has 1 aliphatic rings. The van der Waals surface area contributed by atoms with E-state index in [-0.39, 0.29) is 49.6 Å². The highest BCUT2D eigenvalue weighted by atomic mass is 32.2. The predicted octanol–water partition coefficient (Wildman–Crippen LogP) is 3.04. The first kappa shape index (κ1) is 23.1. The van der Waals surface area contributed by atoms with Gasteiger partial charge in [0.1, 0.15) is 5.82 Å². The van der Waals surface area contributed by atoms with Gasteiger partial charge in [0.15, 0.2) is 0 Å². The zero-order chi connectivity index (χ0) is 23.3. The summed E-state index contributed by atoms with van der Waals surface area (Å²) in [4.78, 5) is 14.5. The number of amides is 1. The number of hydrogen-bond donors (Lipinski definition) is 1. The maximum atomic E-state index is 13.5. The summed E-state index contributed by atoms with van der Waals surface area (Å²) in [6.07, 6.45) is 0. The van der Waals surface area contributed by atoms with Crippen molar-refractivity contribution >= 4 is 15.9 Å². The van der Waals surface area contributed by atoms with E-state index >= 15 is 0 Å². The van der Waals surface area contributed by atoms with Gasteiger partial charge in [-0.2, -0.15) is 4.31 Å². The molecule has 1 saturated heterocycles. The largest absolute Gasteiger partial charge is 0.339 e. The van der Waals surface area contributed by atoms with Crippen LogP contribution in [-0.4, -0.2) is 56.3 Å². The molecule has 4 rings (SSSR count). The SMILES string of the molecule is O=C(CNC(c1ccccc1)c1ccccc1)N1CCN(S(=O)(=O)c2cccc(F)c2)CC1. The van der Waals surface area contributed by atoms with Crippen LogP contribution in [0.25, 0.3) is 0 Å². The van der Waals surface area contributed by atoms with Crippen molar-refractivity contribution in [1.82, 2.24) is 14.5 Å². The average Bonchev–Trinajstić information content (AvgIpc) is 2.85. The van der Waals surface area contributed by atoms with Gasteiger partial charge in [-0.3, -0.25) is 10.1 Å². The van der Waals surface area contributed by atoms with Crippen LogP contribution in [0.15, 0.2) is 89.8 Å². The molecule has 0 aromatic heterocycles. The Kier molecular flexibility index (Phi) is 7.17. The molecule has 3 aromatic carbocycles. The van der Waals surface area contributed by atoms with E-state index in [0.29, 0.717) is 0 Å². The summed E-state index contributed by atoms with van der Waals surface area (Å²) >= 11 is 0. The summed E-state index contributed by atoms with van der Waals surface area (Å²) in [6, 6.07) is 24.7. The number of nitrogens with one attached hydrogen (secondary N) is 1. The Morgan fingerprint density at radius 1 is 0.848 bits per heavy atom. The van der Waals surface area contributed by atoms with Gasteiger partial charge in [-0.1, -0.05) is 66.7 Å². The van der Waals surface area contributed by atoms with Crippen molar-refractivity contribution in [3.63, 3.8) is 0 Å². The monoisotopic (exact) mass is 467 g/mol. The molecule has 1 fully saturated rings. The number of carbonyl (C=O) groups is 1. The quantitative estimate of drug-likeness (QED) is 0.580. The fourth-order valence-electron chi connectivity index (χ4n) is 3.97. The fourth-order valence-corrected chi connectivity index (χ4v) is 5.43. The lowest BCUT2D eigenvalue weighted by molar-refractivity contribution is -0.131. The number of benzene rings is 3. The van der Waals surface area contributed by atoms with Gasteiger partial charge < -0.3 is 4.90 Å². The molecule has 6 nitrogen and oxygen atoms in total. The van der Waals surface area contributed by atoms with Crippen LogP contribution >= 0.6 is 0 Å². The van der Waals surface area contributed by atoms with Gasteiger partial charge in [-0.15, -0.1) is 0 Å². The summed E-state index contributed by atoms with van der Waals surface area (Å²) in [5.74, 6) is -0.683. The van der Waals surface area contributed by atoms with Crippen molar-refractivity contribution in [3.05, 3.63) is 102 Å². The normalized spacial score (nSPS) is 15.0. The molecule has 172 valence electrons. The maximum Gasteiger partial charge on any atom is 0.243 e. The highest BCUT2D eigenvalue weighted by Gasteiger charge is 2.30. The predicted molar refractivity (Wildman–Crippen MR) is 124 cm³/mol. The molecule has 0 unspecified atom stereocenters. The molecule has 0 saturated carbocycles. The molecule has 0 spiro atoms. The van der Waals surface area contributed by atoms with Gasteiger partial charge in [0.25, 0.3) is 0 Å². The van der Waals surface area contributed by atoms with E-state index in [2.05, 4.69) is 5.32 Å². The maximum absolute atomic E-state index is 13.5. The first-order valence-corrected chi connectivity index (χ1v) is 12.3. The molecule has 0 aliphatic carbocycles. The van der Waals surface area contributed by atoms with E-state index < -0.39 is 15.8 Å². The smallest absolute Gasteiger partial charge is 0.243 e. The van der Waals surface area contributed by atoms with E-state index in [0.717, 1.165) is 17.2 Å². The third-order valence-electron chi connectivity index (χ3n) is 5.75. The molecule has 1 N–H and O–H groups in total. The fraction of sp³-hybridized carbons (Fsp3) is 0.240. The number of piperazine rings is 1. The summed E-state index contributed by atoms with van der Waals surface area (Å²) in [6.45, 7) is 1.05. The summed E-state index contributed by atoms with van der Waals surface area (Å²) in [5.41, 5.74) is 2.12. The van der Waals surface area contributed by atoms with Crippen molar-refractivity contribution in [2.24, 2.45) is 0 Å². The van der Waals surface area contributed by atoms with Crippen LogP contribution in [0.1, 0.15) is 17.2 Å². The standard InChI is InChI=1S/C25H26FN3O3S/c26-22-12-7-13-23(18-22)33(31,32)29-16-14-28(15-17-29)24(30)19-27-25(20-8-3-1-4-9-20)21-10-5-2-6-11-21/h1-13,18,25,27H,14-17,19H2. The molecule has 0 bridgehead atoms. The van der Waals surface area contributed by atoms with Crippen molar-refractivity contribution in [1.29, 1.82) is 0 Å². The van der Waals surface area contributed by atoms with Gasteiger partial charge in [0, 0.05) is 26.2 Å². The summed E-state index contributed by atoms with van der Waals surface area (Å²) in [7, 11) is -3.79. The highest BCUT2D eigenvalue weighted by Crippen LogP contribution is 2.22. The topological polar surface area (TPSA) is 69.7 Å². The zero-order valence-electron chi connectivity index (χ0n) is 18.1. The van der Waals surface area contributed by atoms with Crippen LogP contribution in [0.4, 0.5) is 4.39 Å². The molecular formula is C25H26FN3O3S. The van der Waals surface area contributed by atoms with Crippen LogP contribution in [0, 0.1) is 5.82 Å². The third kappa shape index (κ3) is 5.47. The van der Waals surface area contributed by atoms with Crippen molar-refractivity contribution in [2.45, 2.75) is 10.9 Å². The second kappa shape index (κ2) is 10.2. The van der Waals surface area contributed by atoms with Crippen LogP contribution in [-0.2, 0) is 14.8 Å². The number of halogens is 1. The zero-order valence-corrected chi connectivity index (χ0v) is 18.9. The summed E-state index contributed by atoms with van der Waals surface area (Å²) in [5, 5.41) is 3.36. The van der Waals surface area contributed by atoms with Crippen molar-refractivity contribution < 1.29 is 17.6 Å². The molecule has 0 radical (unpaired) electrons. The molecule has 8 heteroatoms. The molecule has 33 heavy (non-hydrogen) atoms. The lowest BCUT2D eigenvalue weighted by atomic mass is 9.99. The lowest BCUT2D eigenvalue weighted by Gasteiger charge is -2.34. The van der Waals surface area contributed by atoms with Crippen molar-refractivity contribution in [2.75, 3.05) is 32.7 Å². The molecule has 1 aliphatic heterocycles. The minimum absolute atomic E-state index is 0.0718. The Bertz CT molecular complexity index is 1140. The van der Waals surface area contributed by atoms with Crippen LogP contribution in [0.2, 0.25) is 0 Å². The van der Waals surface area contributed by atoms with E-state index in [9.17, 15) is 17.6 Å². The van der Waals surface area contributed by atoms with Gasteiger partial charge >= 0.3 is 0 Å². The molecule has 0 atom stereocenters. The van der Waals surface area contributed by atoms with Crippen LogP contribution < -0.4 is 5.32 Å². The Morgan fingerprint density at radius 3 is 1.97 bits per heavy atom. The Balaban J connectivity index is 1.38. The Labute approximate surface area is 193 Å². The van der Waals surface area contributed by atoms with E-state index in [1.54, 1.807) is 4.90 Å². The van der Waals surface area contributed by atoms with E-state index in [1.165, 1.54) is 22.5 Å². The molecule has 1 amide bonds. The average molecular weight is 468 g/mol. The molecule has 1 heterocycles. The number of carbonyl (C=O) groups excluding carboxylic acids is 1. The highest BCUT2D eigenvalue weighted by molar-refractivity contribution is 7.89. The lowest BCUT2D eigenvalue weighted by Crippen LogP contribution is -2.52. The minimum atomic E-state index is -3.79. The molecular weight excluding hydrogens is 441 g/mol. The van der Waals surface area contributed by atoms with Crippen molar-refractivity contribution in [3.8, 4) is 0 Å². The second-order valence-corrected chi connectivity index (χ2v) is 9.82. The van der Waals surface area contributed by atoms with Crippen LogP contribution in [0.5, 0.6) is 0 Å². The minimum Gasteiger partial charge on any atom is -0.339 e. The van der Waals surface area contributed by atoms with E-state index in [1.807, 2.05) is 60.7 Å². The molecule has 3 aromatic rings. The number of rotatable bonds is 7. The summed E-state index contributed by atoms with van der Waals surface area (Å²) < 4.78 is 40.4. The van der Waals surface area contributed by atoms with E-state index in [4.69, 9.17) is 0 Å². The second-order valence-electron chi connectivity index (χ2n) is 7.88. The number of nitrogens with zero attached hydrogens (tertiary/aromatic N) is 2. The van der Waals surface area contributed by atoms with Crippen LogP contribution in [0.3, 0.4) is 0 Å². The number of sulfonamides is 1. The van der Waals surface area contributed by atoms with Gasteiger partial charge in [0.05, 0.1) is 17.5 Å². The van der Waals surface area contributed by atoms with Gasteiger partial charge in [-0.05, 0) is 29.3 Å². The Morgan fingerprint density at radius 2 is 1.42 bits per heavy atom. The third-order valence-corrected chi connectivity index (χ3v) is 7.64. The first-order valence-electron chi connectivity index (χ1n) is 10.8. The van der Waals surface area contributed by atoms with Gasteiger partial charge in [-0.25, -0.2) is 12.8 Å².